The van der Waals surface area contributed by atoms with Gasteiger partial charge in [-0.15, -0.1) is 15.3 Å². The van der Waals surface area contributed by atoms with Crippen molar-refractivity contribution in [1.29, 1.82) is 0 Å². The number of rotatable bonds is 12. The highest BCUT2D eigenvalue weighted by Gasteiger charge is 2.17. The standard InChI is InChI=1S/C29H29N7O4/c1-4-5-9-20-12-14-22(15-13-20)39-23-16-17-24(25(18-23)37-3)29-32-30-26(40-29)19-38-33-27(21-10-7-6-8-11-21)28-31-34-35-36(28)2/h6-8,10-18H,4-5,9,19H2,1-3H3/b33-27-. The number of ether oxygens (including phenoxy) is 2. The Hall–Kier alpha value is -5.06. The lowest BCUT2D eigenvalue weighted by Gasteiger charge is -2.10. The topological polar surface area (TPSA) is 123 Å². The van der Waals surface area contributed by atoms with E-state index in [0.29, 0.717) is 28.6 Å². The Morgan fingerprint density at radius 3 is 2.48 bits per heavy atom. The third-order valence-corrected chi connectivity index (χ3v) is 6.07. The van der Waals surface area contributed by atoms with Gasteiger partial charge in [0.2, 0.25) is 5.82 Å². The van der Waals surface area contributed by atoms with Crippen molar-refractivity contribution < 1.29 is 18.7 Å². The van der Waals surface area contributed by atoms with Gasteiger partial charge in [-0.25, -0.2) is 4.68 Å². The van der Waals surface area contributed by atoms with Crippen molar-refractivity contribution in [3.8, 4) is 28.7 Å². The van der Waals surface area contributed by atoms with E-state index >= 15 is 0 Å². The van der Waals surface area contributed by atoms with Crippen LogP contribution in [0.2, 0.25) is 0 Å². The minimum atomic E-state index is -0.0492. The second kappa shape index (κ2) is 12.7. The molecule has 0 radical (unpaired) electrons. The number of aryl methyl sites for hydroxylation is 2. The molecule has 0 fully saturated rings. The molecule has 0 amide bonds. The van der Waals surface area contributed by atoms with E-state index in [1.54, 1.807) is 20.2 Å². The quantitative estimate of drug-likeness (QED) is 0.152. The van der Waals surface area contributed by atoms with Crippen LogP contribution < -0.4 is 9.47 Å². The van der Waals surface area contributed by atoms with E-state index in [1.807, 2.05) is 54.6 Å². The number of nitrogens with zero attached hydrogens (tertiary/aromatic N) is 7. The normalized spacial score (nSPS) is 11.4. The van der Waals surface area contributed by atoms with Gasteiger partial charge in [-0.1, -0.05) is 61.0 Å². The van der Waals surface area contributed by atoms with Crippen LogP contribution in [0.15, 0.2) is 82.4 Å². The van der Waals surface area contributed by atoms with Crippen LogP contribution in [-0.4, -0.2) is 43.2 Å². The molecule has 5 rings (SSSR count). The molecule has 5 aromatic rings. The molecule has 0 aliphatic heterocycles. The number of tetrazole rings is 1. The number of methoxy groups -OCH3 is 1. The maximum Gasteiger partial charge on any atom is 0.257 e. The summed E-state index contributed by atoms with van der Waals surface area (Å²) in [6.07, 6.45) is 3.41. The van der Waals surface area contributed by atoms with Gasteiger partial charge >= 0.3 is 0 Å². The third kappa shape index (κ3) is 6.32. The molecule has 40 heavy (non-hydrogen) atoms. The summed E-state index contributed by atoms with van der Waals surface area (Å²) in [5.41, 5.74) is 3.19. The molecule has 11 heteroatoms. The average molecular weight is 540 g/mol. The monoisotopic (exact) mass is 539 g/mol. The molecule has 0 saturated heterocycles. The molecule has 0 spiro atoms. The van der Waals surface area contributed by atoms with Crippen LogP contribution in [0, 0.1) is 0 Å². The molecule has 0 aliphatic rings. The summed E-state index contributed by atoms with van der Waals surface area (Å²) in [5.74, 6) is 2.90. The van der Waals surface area contributed by atoms with E-state index in [0.717, 1.165) is 17.7 Å². The Balaban J connectivity index is 1.27. The fraction of sp³-hybridized carbons (Fsp3) is 0.241. The van der Waals surface area contributed by atoms with E-state index in [9.17, 15) is 0 Å². The molecular weight excluding hydrogens is 510 g/mol. The summed E-state index contributed by atoms with van der Waals surface area (Å²) in [7, 11) is 3.30. The van der Waals surface area contributed by atoms with Crippen LogP contribution in [-0.2, 0) is 24.9 Å². The number of aromatic nitrogens is 6. The molecule has 2 heterocycles. The highest BCUT2D eigenvalue weighted by molar-refractivity contribution is 6.10. The lowest BCUT2D eigenvalue weighted by atomic mass is 10.1. The molecule has 0 atom stereocenters. The van der Waals surface area contributed by atoms with Gasteiger partial charge in [-0.3, -0.25) is 0 Å². The van der Waals surface area contributed by atoms with E-state index < -0.39 is 0 Å². The van der Waals surface area contributed by atoms with Gasteiger partial charge in [0.1, 0.15) is 17.2 Å². The van der Waals surface area contributed by atoms with Crippen LogP contribution in [0.1, 0.15) is 42.6 Å². The zero-order chi connectivity index (χ0) is 27.7. The van der Waals surface area contributed by atoms with Gasteiger partial charge in [0, 0.05) is 18.7 Å². The van der Waals surface area contributed by atoms with Crippen LogP contribution in [0.4, 0.5) is 0 Å². The van der Waals surface area contributed by atoms with Crippen molar-refractivity contribution in [1.82, 2.24) is 30.4 Å². The van der Waals surface area contributed by atoms with Crippen molar-refractivity contribution in [3.63, 3.8) is 0 Å². The molecular formula is C29H29N7O4. The highest BCUT2D eigenvalue weighted by atomic mass is 16.6. The highest BCUT2D eigenvalue weighted by Crippen LogP contribution is 2.34. The van der Waals surface area contributed by atoms with Crippen molar-refractivity contribution >= 4 is 5.71 Å². The summed E-state index contributed by atoms with van der Waals surface area (Å²) in [6.45, 7) is 2.14. The molecule has 0 saturated carbocycles. The largest absolute Gasteiger partial charge is 0.496 e. The molecule has 11 nitrogen and oxygen atoms in total. The predicted octanol–water partition coefficient (Wildman–Crippen LogP) is 5.37. The van der Waals surface area contributed by atoms with Crippen LogP contribution in [0.3, 0.4) is 0 Å². The van der Waals surface area contributed by atoms with Gasteiger partial charge in [0.15, 0.2) is 12.3 Å². The fourth-order valence-corrected chi connectivity index (χ4v) is 3.97. The van der Waals surface area contributed by atoms with Gasteiger partial charge in [0.25, 0.3) is 11.8 Å². The minimum Gasteiger partial charge on any atom is -0.496 e. The molecule has 2 aromatic heterocycles. The zero-order valence-electron chi connectivity index (χ0n) is 22.5. The maximum absolute atomic E-state index is 6.03. The number of hydrogen-bond donors (Lipinski definition) is 0. The Morgan fingerprint density at radius 2 is 1.75 bits per heavy atom. The Morgan fingerprint density at radius 1 is 0.950 bits per heavy atom. The number of hydrogen-bond acceptors (Lipinski definition) is 10. The molecule has 3 aromatic carbocycles. The number of unbranched alkanes of at least 4 members (excludes halogenated alkanes) is 1. The SMILES string of the molecule is CCCCc1ccc(Oc2ccc(-c3nnc(CO/N=C(/c4ccccc4)c4nnnn4C)o3)c(OC)c2)cc1. The lowest BCUT2D eigenvalue weighted by molar-refractivity contribution is 0.111. The summed E-state index contributed by atoms with van der Waals surface area (Å²) in [6, 6.07) is 23.0. The van der Waals surface area contributed by atoms with Crippen LogP contribution in [0.5, 0.6) is 17.2 Å². The molecule has 0 aliphatic carbocycles. The molecule has 0 unspecified atom stereocenters. The summed E-state index contributed by atoms with van der Waals surface area (Å²) >= 11 is 0. The fourth-order valence-electron chi connectivity index (χ4n) is 3.97. The average Bonchev–Trinajstić information content (AvgIpc) is 3.64. The first-order chi connectivity index (χ1) is 19.6. The first-order valence-corrected chi connectivity index (χ1v) is 12.9. The van der Waals surface area contributed by atoms with Crippen molar-refractivity contribution in [3.05, 3.63) is 95.6 Å². The smallest absolute Gasteiger partial charge is 0.257 e. The van der Waals surface area contributed by atoms with Gasteiger partial charge in [-0.05, 0) is 53.1 Å². The van der Waals surface area contributed by atoms with Gasteiger partial charge in [0.05, 0.1) is 12.7 Å². The summed E-state index contributed by atoms with van der Waals surface area (Å²) in [4.78, 5) is 5.57. The van der Waals surface area contributed by atoms with Crippen molar-refractivity contribution in [2.45, 2.75) is 32.8 Å². The van der Waals surface area contributed by atoms with Crippen molar-refractivity contribution in [2.24, 2.45) is 12.2 Å². The van der Waals surface area contributed by atoms with E-state index in [2.05, 4.69) is 49.9 Å². The van der Waals surface area contributed by atoms with Crippen molar-refractivity contribution in [2.75, 3.05) is 7.11 Å². The van der Waals surface area contributed by atoms with E-state index in [4.69, 9.17) is 18.7 Å². The van der Waals surface area contributed by atoms with E-state index in [1.165, 1.54) is 23.1 Å². The lowest BCUT2D eigenvalue weighted by Crippen LogP contribution is -2.12. The first-order valence-electron chi connectivity index (χ1n) is 12.9. The summed E-state index contributed by atoms with van der Waals surface area (Å²) < 4.78 is 19.0. The van der Waals surface area contributed by atoms with Crippen LogP contribution >= 0.6 is 0 Å². The minimum absolute atomic E-state index is 0.0492. The number of oxime groups is 1. The Labute approximate surface area is 231 Å². The van der Waals surface area contributed by atoms with Gasteiger partial charge in [-0.2, -0.15) is 0 Å². The van der Waals surface area contributed by atoms with Crippen LogP contribution in [0.25, 0.3) is 11.5 Å². The Bertz CT molecular complexity index is 1560. The summed E-state index contributed by atoms with van der Waals surface area (Å²) in [5, 5.41) is 24.1. The predicted molar refractivity (Wildman–Crippen MR) is 147 cm³/mol. The first kappa shape index (κ1) is 26.5. The molecule has 204 valence electrons. The third-order valence-electron chi connectivity index (χ3n) is 6.07. The second-order valence-electron chi connectivity index (χ2n) is 8.92. The van der Waals surface area contributed by atoms with Gasteiger partial charge < -0.3 is 18.7 Å². The second-order valence-corrected chi connectivity index (χ2v) is 8.92. The number of benzene rings is 3. The molecule has 0 bridgehead atoms. The zero-order valence-corrected chi connectivity index (χ0v) is 22.5. The van der Waals surface area contributed by atoms with E-state index in [-0.39, 0.29) is 18.4 Å². The Kier molecular flexibility index (Phi) is 8.40. The maximum atomic E-state index is 6.03. The molecule has 0 N–H and O–H groups in total.